The Morgan fingerprint density at radius 2 is 1.61 bits per heavy atom. The molecule has 1 aromatic heterocycles. The van der Waals surface area contributed by atoms with E-state index in [0.29, 0.717) is 5.82 Å². The van der Waals surface area contributed by atoms with Gasteiger partial charge in [0.15, 0.2) is 0 Å². The van der Waals surface area contributed by atoms with E-state index in [4.69, 9.17) is 5.73 Å². The normalized spacial score (nSPS) is 11.6. The highest BCUT2D eigenvalue weighted by atomic mass is 15.0. The van der Waals surface area contributed by atoms with Gasteiger partial charge in [-0.1, -0.05) is 51.1 Å². The van der Waals surface area contributed by atoms with Crippen LogP contribution in [0.2, 0.25) is 0 Å². The first-order chi connectivity index (χ1) is 8.39. The van der Waals surface area contributed by atoms with Gasteiger partial charge in [0.25, 0.3) is 0 Å². The zero-order valence-electron chi connectivity index (χ0n) is 11.4. The number of hydrogen-bond donors (Lipinski definition) is 1. The van der Waals surface area contributed by atoms with Gasteiger partial charge in [0.1, 0.15) is 11.6 Å². The van der Waals surface area contributed by atoms with E-state index in [1.54, 1.807) is 0 Å². The van der Waals surface area contributed by atoms with Gasteiger partial charge in [-0.15, -0.1) is 0 Å². The van der Waals surface area contributed by atoms with Crippen molar-refractivity contribution < 1.29 is 0 Å². The number of nitrogens with zero attached hydrogens (tertiary/aromatic N) is 2. The third-order valence-electron chi connectivity index (χ3n) is 2.85. The Morgan fingerprint density at radius 1 is 1.00 bits per heavy atom. The Kier molecular flexibility index (Phi) is 3.07. The third kappa shape index (κ3) is 2.35. The summed E-state index contributed by atoms with van der Waals surface area (Å²) in [6.07, 6.45) is 0. The molecule has 0 bridgehead atoms. The Labute approximate surface area is 108 Å². The van der Waals surface area contributed by atoms with E-state index in [2.05, 4.69) is 30.7 Å². The summed E-state index contributed by atoms with van der Waals surface area (Å²) in [5.74, 6) is 1.34. The Hall–Kier alpha value is -1.90. The lowest BCUT2D eigenvalue weighted by atomic mass is 9.95. The fourth-order valence-corrected chi connectivity index (χ4v) is 1.89. The maximum absolute atomic E-state index is 6.10. The Morgan fingerprint density at radius 3 is 2.11 bits per heavy atom. The Balaban J connectivity index is 2.59. The number of aryl methyl sites for hydroxylation is 1. The summed E-state index contributed by atoms with van der Waals surface area (Å²) in [7, 11) is 0. The maximum Gasteiger partial charge on any atom is 0.136 e. The lowest BCUT2D eigenvalue weighted by Gasteiger charge is -2.19. The molecule has 0 aliphatic rings. The molecular weight excluding hydrogens is 222 g/mol. The van der Waals surface area contributed by atoms with Crippen molar-refractivity contribution in [1.82, 2.24) is 9.97 Å². The lowest BCUT2D eigenvalue weighted by Crippen LogP contribution is -2.18. The quantitative estimate of drug-likeness (QED) is 0.833. The van der Waals surface area contributed by atoms with Crippen LogP contribution >= 0.6 is 0 Å². The standard InChI is InChI=1S/C15H19N3/c1-10-12(11-8-6-5-7-9-11)13(16)18-14(17-10)15(2,3)4/h5-9H,1-4H3,(H2,16,17,18). The van der Waals surface area contributed by atoms with Crippen LogP contribution in [0.4, 0.5) is 5.82 Å². The predicted octanol–water partition coefficient (Wildman–Crippen LogP) is 3.33. The molecule has 0 saturated carbocycles. The van der Waals surface area contributed by atoms with Crippen molar-refractivity contribution in [2.24, 2.45) is 0 Å². The van der Waals surface area contributed by atoms with Gasteiger partial charge in [-0.05, 0) is 12.5 Å². The molecule has 2 aromatic rings. The number of nitrogen functional groups attached to an aromatic ring is 1. The Bertz CT molecular complexity index is 531. The SMILES string of the molecule is Cc1nc(C(C)(C)C)nc(N)c1-c1ccccc1. The van der Waals surface area contributed by atoms with Crippen molar-refractivity contribution in [2.75, 3.05) is 5.73 Å². The molecule has 0 radical (unpaired) electrons. The molecule has 94 valence electrons. The van der Waals surface area contributed by atoms with E-state index in [0.717, 1.165) is 22.6 Å². The monoisotopic (exact) mass is 241 g/mol. The van der Waals surface area contributed by atoms with E-state index in [9.17, 15) is 0 Å². The average Bonchev–Trinajstić information content (AvgIpc) is 2.28. The van der Waals surface area contributed by atoms with Gasteiger partial charge in [0, 0.05) is 11.0 Å². The summed E-state index contributed by atoms with van der Waals surface area (Å²) in [5.41, 5.74) is 8.94. The van der Waals surface area contributed by atoms with Crippen LogP contribution in [-0.2, 0) is 5.41 Å². The number of aromatic nitrogens is 2. The molecule has 0 fully saturated rings. The number of hydrogen-bond acceptors (Lipinski definition) is 3. The summed E-state index contributed by atoms with van der Waals surface area (Å²) in [5, 5.41) is 0. The van der Waals surface area contributed by atoms with Crippen molar-refractivity contribution in [3.63, 3.8) is 0 Å². The van der Waals surface area contributed by atoms with Gasteiger partial charge in [-0.2, -0.15) is 0 Å². The summed E-state index contributed by atoms with van der Waals surface area (Å²) in [4.78, 5) is 9.04. The molecule has 18 heavy (non-hydrogen) atoms. The van der Waals surface area contributed by atoms with E-state index in [1.807, 2.05) is 37.3 Å². The molecule has 0 amide bonds. The molecule has 1 heterocycles. The zero-order chi connectivity index (χ0) is 13.3. The van der Waals surface area contributed by atoms with Gasteiger partial charge in [0.05, 0.1) is 5.69 Å². The van der Waals surface area contributed by atoms with Gasteiger partial charge in [-0.3, -0.25) is 0 Å². The summed E-state index contributed by atoms with van der Waals surface area (Å²) in [6.45, 7) is 8.24. The molecule has 0 spiro atoms. The molecule has 0 unspecified atom stereocenters. The molecule has 0 aliphatic carbocycles. The van der Waals surface area contributed by atoms with Crippen LogP contribution in [0.25, 0.3) is 11.1 Å². The summed E-state index contributed by atoms with van der Waals surface area (Å²) >= 11 is 0. The van der Waals surface area contributed by atoms with Gasteiger partial charge in [-0.25, -0.2) is 9.97 Å². The molecule has 1 aromatic carbocycles. The second-order valence-electron chi connectivity index (χ2n) is 5.51. The lowest BCUT2D eigenvalue weighted by molar-refractivity contribution is 0.544. The molecule has 3 nitrogen and oxygen atoms in total. The van der Waals surface area contributed by atoms with Crippen LogP contribution in [0.15, 0.2) is 30.3 Å². The van der Waals surface area contributed by atoms with Crippen LogP contribution in [0.3, 0.4) is 0 Å². The third-order valence-corrected chi connectivity index (χ3v) is 2.85. The van der Waals surface area contributed by atoms with E-state index >= 15 is 0 Å². The fraction of sp³-hybridized carbons (Fsp3) is 0.333. The second-order valence-corrected chi connectivity index (χ2v) is 5.51. The van der Waals surface area contributed by atoms with Crippen LogP contribution < -0.4 is 5.73 Å². The predicted molar refractivity (Wildman–Crippen MR) is 75.3 cm³/mol. The number of benzene rings is 1. The highest BCUT2D eigenvalue weighted by molar-refractivity contribution is 5.75. The first-order valence-electron chi connectivity index (χ1n) is 6.09. The van der Waals surface area contributed by atoms with Gasteiger partial charge in [0.2, 0.25) is 0 Å². The molecule has 0 saturated heterocycles. The second kappa shape index (κ2) is 4.41. The molecule has 0 atom stereocenters. The smallest absolute Gasteiger partial charge is 0.136 e. The van der Waals surface area contributed by atoms with Crippen LogP contribution in [0, 0.1) is 6.92 Å². The molecule has 3 heteroatoms. The average molecular weight is 241 g/mol. The van der Waals surface area contributed by atoms with Crippen molar-refractivity contribution >= 4 is 5.82 Å². The number of nitrogens with two attached hydrogens (primary N) is 1. The van der Waals surface area contributed by atoms with Crippen LogP contribution in [-0.4, -0.2) is 9.97 Å². The van der Waals surface area contributed by atoms with E-state index in [1.165, 1.54) is 0 Å². The minimum Gasteiger partial charge on any atom is -0.383 e. The zero-order valence-corrected chi connectivity index (χ0v) is 11.4. The van der Waals surface area contributed by atoms with Crippen LogP contribution in [0.5, 0.6) is 0 Å². The summed E-state index contributed by atoms with van der Waals surface area (Å²) < 4.78 is 0. The van der Waals surface area contributed by atoms with Crippen molar-refractivity contribution in [2.45, 2.75) is 33.1 Å². The largest absolute Gasteiger partial charge is 0.383 e. The number of anilines is 1. The fourth-order valence-electron chi connectivity index (χ4n) is 1.89. The minimum atomic E-state index is -0.0892. The van der Waals surface area contributed by atoms with Gasteiger partial charge < -0.3 is 5.73 Å². The molecule has 0 aliphatic heterocycles. The summed E-state index contributed by atoms with van der Waals surface area (Å²) in [6, 6.07) is 10.0. The van der Waals surface area contributed by atoms with Gasteiger partial charge >= 0.3 is 0 Å². The minimum absolute atomic E-state index is 0.0892. The first-order valence-corrected chi connectivity index (χ1v) is 6.09. The first kappa shape index (κ1) is 12.6. The van der Waals surface area contributed by atoms with Crippen molar-refractivity contribution in [3.8, 4) is 11.1 Å². The van der Waals surface area contributed by atoms with E-state index in [-0.39, 0.29) is 5.41 Å². The molecule has 2 N–H and O–H groups in total. The van der Waals surface area contributed by atoms with Crippen LogP contribution in [0.1, 0.15) is 32.3 Å². The van der Waals surface area contributed by atoms with E-state index < -0.39 is 0 Å². The number of rotatable bonds is 1. The highest BCUT2D eigenvalue weighted by Gasteiger charge is 2.20. The highest BCUT2D eigenvalue weighted by Crippen LogP contribution is 2.29. The van der Waals surface area contributed by atoms with Crippen molar-refractivity contribution in [1.29, 1.82) is 0 Å². The topological polar surface area (TPSA) is 51.8 Å². The molecular formula is C15H19N3. The molecule has 2 rings (SSSR count). The van der Waals surface area contributed by atoms with Crippen molar-refractivity contribution in [3.05, 3.63) is 41.9 Å². The maximum atomic E-state index is 6.10.